The lowest BCUT2D eigenvalue weighted by atomic mass is 10.2. The number of hydrogen-bond acceptors (Lipinski definition) is 7. The zero-order chi connectivity index (χ0) is 17.6. The lowest BCUT2D eigenvalue weighted by Gasteiger charge is -2.21. The van der Waals surface area contributed by atoms with Crippen LogP contribution in [0, 0.1) is 6.92 Å². The lowest BCUT2D eigenvalue weighted by molar-refractivity contribution is -0.118. The van der Waals surface area contributed by atoms with Gasteiger partial charge in [-0.1, -0.05) is 23.5 Å². The molecule has 134 valence electrons. The van der Waals surface area contributed by atoms with Crippen LogP contribution in [-0.4, -0.2) is 35.3 Å². The average Bonchev–Trinajstić information content (AvgIpc) is 3.00. The number of amides is 1. The van der Waals surface area contributed by atoms with Crippen molar-refractivity contribution in [3.05, 3.63) is 35.5 Å². The predicted octanol–water partition coefficient (Wildman–Crippen LogP) is 5.06. The first-order valence-electron chi connectivity index (χ1n) is 7.93. The molecule has 1 aromatic carbocycles. The number of nitrogens with zero attached hydrogens (tertiary/aromatic N) is 1. The van der Waals surface area contributed by atoms with Gasteiger partial charge >= 0.3 is 0 Å². The van der Waals surface area contributed by atoms with Crippen LogP contribution in [0.3, 0.4) is 0 Å². The molecule has 1 aliphatic heterocycles. The normalized spacial score (nSPS) is 15.1. The molecule has 0 unspecified atom stereocenters. The summed E-state index contributed by atoms with van der Waals surface area (Å²) in [5, 5.41) is 3.42. The first-order valence-corrected chi connectivity index (χ1v) is 12.1. The summed E-state index contributed by atoms with van der Waals surface area (Å²) < 4.78 is 7.23. The van der Waals surface area contributed by atoms with E-state index < -0.39 is 0 Å². The molecule has 1 fully saturated rings. The molecule has 25 heavy (non-hydrogen) atoms. The third-order valence-corrected chi connectivity index (χ3v) is 8.83. The number of nitrogens with one attached hydrogen (secondary N) is 1. The molecule has 0 spiro atoms. The summed E-state index contributed by atoms with van der Waals surface area (Å²) in [5.74, 6) is 2.98. The fourth-order valence-corrected chi connectivity index (χ4v) is 6.85. The van der Waals surface area contributed by atoms with Gasteiger partial charge in [-0.25, -0.2) is 4.98 Å². The highest BCUT2D eigenvalue weighted by Crippen LogP contribution is 2.43. The van der Waals surface area contributed by atoms with Gasteiger partial charge < -0.3 is 4.74 Å². The third-order valence-electron chi connectivity index (χ3n) is 3.54. The molecule has 2 heterocycles. The van der Waals surface area contributed by atoms with Crippen molar-refractivity contribution in [3.63, 3.8) is 0 Å². The highest BCUT2D eigenvalue weighted by molar-refractivity contribution is 8.16. The van der Waals surface area contributed by atoms with E-state index in [1.54, 1.807) is 11.8 Å². The molecule has 1 saturated heterocycles. The van der Waals surface area contributed by atoms with Crippen molar-refractivity contribution in [2.45, 2.75) is 22.1 Å². The molecule has 1 N–H and O–H groups in total. The number of rotatable bonds is 6. The number of carbonyl (C=O) groups is 1. The van der Waals surface area contributed by atoms with E-state index in [2.05, 4.69) is 22.4 Å². The van der Waals surface area contributed by atoms with Gasteiger partial charge in [0.2, 0.25) is 0 Å². The summed E-state index contributed by atoms with van der Waals surface area (Å²) in [6, 6.07) is 8.08. The van der Waals surface area contributed by atoms with Crippen LogP contribution in [0.4, 0.5) is 5.13 Å². The van der Waals surface area contributed by atoms with E-state index in [9.17, 15) is 4.79 Å². The van der Waals surface area contributed by atoms with Crippen LogP contribution in [-0.2, 0) is 4.79 Å². The quantitative estimate of drug-likeness (QED) is 0.669. The molecular weight excluding hydrogens is 392 g/mol. The molecule has 3 rings (SSSR count). The Morgan fingerprint density at radius 2 is 2.04 bits per heavy atom. The molecular formula is C17H20N2O2S4. The highest BCUT2D eigenvalue weighted by atomic mass is 32.2. The molecule has 0 aliphatic carbocycles. The summed E-state index contributed by atoms with van der Waals surface area (Å²) >= 11 is 7.12. The highest BCUT2D eigenvalue weighted by Gasteiger charge is 2.16. The van der Waals surface area contributed by atoms with Crippen LogP contribution < -0.4 is 10.1 Å². The number of benzene rings is 1. The van der Waals surface area contributed by atoms with Crippen LogP contribution in [0.15, 0.2) is 28.5 Å². The Bertz CT molecular complexity index is 712. The van der Waals surface area contributed by atoms with E-state index in [4.69, 9.17) is 4.74 Å². The van der Waals surface area contributed by atoms with Crippen molar-refractivity contribution < 1.29 is 9.53 Å². The Kier molecular flexibility index (Phi) is 6.98. The molecule has 1 aliphatic rings. The minimum atomic E-state index is -0.191. The molecule has 8 heteroatoms. The number of aromatic nitrogens is 1. The standard InChI is InChI=1S/C17H20N2O2S4/c1-11-15(22-2)25-17(18-11)19-14(20)10-21-13-6-4-12(5-7-13)16-23-8-3-9-24-16/h4-7,16H,3,8-10H2,1-2H3,(H,18,19,20). The Labute approximate surface area is 164 Å². The predicted molar refractivity (Wildman–Crippen MR) is 111 cm³/mol. The second-order valence-electron chi connectivity index (χ2n) is 5.43. The molecule has 0 atom stereocenters. The van der Waals surface area contributed by atoms with Gasteiger partial charge in [-0.3, -0.25) is 10.1 Å². The lowest BCUT2D eigenvalue weighted by Crippen LogP contribution is -2.20. The summed E-state index contributed by atoms with van der Waals surface area (Å²) in [5.41, 5.74) is 2.26. The number of thiazole rings is 1. The first-order chi connectivity index (χ1) is 12.2. The fourth-order valence-electron chi connectivity index (χ4n) is 2.33. The van der Waals surface area contributed by atoms with E-state index in [-0.39, 0.29) is 12.5 Å². The van der Waals surface area contributed by atoms with E-state index in [1.165, 1.54) is 34.8 Å². The van der Waals surface area contributed by atoms with E-state index in [0.717, 1.165) is 9.90 Å². The van der Waals surface area contributed by atoms with Gasteiger partial charge in [0.05, 0.1) is 14.5 Å². The Morgan fingerprint density at radius 1 is 1.32 bits per heavy atom. The van der Waals surface area contributed by atoms with Gasteiger partial charge in [-0.2, -0.15) is 0 Å². The minimum Gasteiger partial charge on any atom is -0.484 e. The largest absolute Gasteiger partial charge is 0.484 e. The van der Waals surface area contributed by atoms with Gasteiger partial charge in [0.15, 0.2) is 11.7 Å². The van der Waals surface area contributed by atoms with Gasteiger partial charge in [0.25, 0.3) is 5.91 Å². The van der Waals surface area contributed by atoms with Crippen LogP contribution in [0.25, 0.3) is 0 Å². The van der Waals surface area contributed by atoms with Crippen molar-refractivity contribution in [1.29, 1.82) is 0 Å². The van der Waals surface area contributed by atoms with E-state index in [0.29, 0.717) is 15.5 Å². The van der Waals surface area contributed by atoms with Gasteiger partial charge in [0, 0.05) is 0 Å². The van der Waals surface area contributed by atoms with Crippen LogP contribution in [0.1, 0.15) is 22.3 Å². The molecule has 1 aromatic heterocycles. The Balaban J connectivity index is 1.49. The zero-order valence-corrected chi connectivity index (χ0v) is 17.4. The maximum Gasteiger partial charge on any atom is 0.264 e. The Hall–Kier alpha value is -0.830. The second-order valence-corrected chi connectivity index (χ2v) is 10.2. The molecule has 4 nitrogen and oxygen atoms in total. The number of anilines is 1. The summed E-state index contributed by atoms with van der Waals surface area (Å²) in [6.07, 6.45) is 3.29. The molecule has 0 saturated carbocycles. The van der Waals surface area contributed by atoms with E-state index >= 15 is 0 Å². The van der Waals surface area contributed by atoms with Crippen LogP contribution >= 0.6 is 46.6 Å². The summed E-state index contributed by atoms with van der Waals surface area (Å²) in [4.78, 5) is 16.4. The average molecular weight is 413 g/mol. The smallest absolute Gasteiger partial charge is 0.264 e. The monoisotopic (exact) mass is 412 g/mol. The van der Waals surface area contributed by atoms with Crippen molar-refractivity contribution in [1.82, 2.24) is 4.98 Å². The van der Waals surface area contributed by atoms with Crippen molar-refractivity contribution in [3.8, 4) is 5.75 Å². The number of hydrogen-bond donors (Lipinski definition) is 1. The molecule has 1 amide bonds. The van der Waals surface area contributed by atoms with Crippen LogP contribution in [0.5, 0.6) is 5.75 Å². The maximum absolute atomic E-state index is 12.0. The number of ether oxygens (including phenoxy) is 1. The topological polar surface area (TPSA) is 51.2 Å². The first kappa shape index (κ1) is 18.9. The van der Waals surface area contributed by atoms with Crippen LogP contribution in [0.2, 0.25) is 0 Å². The maximum atomic E-state index is 12.0. The second kappa shape index (κ2) is 9.21. The third kappa shape index (κ3) is 5.32. The fraction of sp³-hybridized carbons (Fsp3) is 0.412. The molecule has 0 bridgehead atoms. The summed E-state index contributed by atoms with van der Waals surface area (Å²) in [6.45, 7) is 1.93. The Morgan fingerprint density at radius 3 is 2.68 bits per heavy atom. The molecule has 0 radical (unpaired) electrons. The van der Waals surface area contributed by atoms with Gasteiger partial charge in [-0.05, 0) is 48.8 Å². The summed E-state index contributed by atoms with van der Waals surface area (Å²) in [7, 11) is 0. The number of aryl methyl sites for hydroxylation is 1. The van der Waals surface area contributed by atoms with Crippen molar-refractivity contribution in [2.24, 2.45) is 0 Å². The SMILES string of the molecule is CSc1sc(NC(=O)COc2ccc(C3SCCCS3)cc2)nc1C. The minimum absolute atomic E-state index is 0.0144. The van der Waals surface area contributed by atoms with Gasteiger partial charge in [-0.15, -0.1) is 35.3 Å². The van der Waals surface area contributed by atoms with Crippen molar-refractivity contribution >= 4 is 57.7 Å². The van der Waals surface area contributed by atoms with Crippen molar-refractivity contribution in [2.75, 3.05) is 29.7 Å². The van der Waals surface area contributed by atoms with E-state index in [1.807, 2.05) is 48.8 Å². The number of carbonyl (C=O) groups excluding carboxylic acids is 1. The van der Waals surface area contributed by atoms with Gasteiger partial charge in [0.1, 0.15) is 5.75 Å². The zero-order valence-electron chi connectivity index (χ0n) is 14.1. The number of thioether (sulfide) groups is 3. The molecule has 2 aromatic rings.